The average Bonchev–Trinajstić information content (AvgIpc) is 2.79. The molecule has 1 aliphatic heterocycles. The molecule has 2 heterocycles. The van der Waals surface area contributed by atoms with Crippen LogP contribution in [0, 0.1) is 13.8 Å². The first-order valence-corrected chi connectivity index (χ1v) is 9.67. The lowest BCUT2D eigenvalue weighted by Gasteiger charge is -2.27. The van der Waals surface area contributed by atoms with E-state index in [4.69, 9.17) is 11.6 Å². The second-order valence-corrected chi connectivity index (χ2v) is 7.87. The normalized spacial score (nSPS) is 15.2. The molecule has 2 aromatic carbocycles. The number of benzene rings is 2. The van der Waals surface area contributed by atoms with E-state index in [1.54, 1.807) is 6.07 Å². The molecule has 4 nitrogen and oxygen atoms in total. The molecule has 3 aromatic rings. The van der Waals surface area contributed by atoms with Gasteiger partial charge < -0.3 is 9.67 Å². The molecule has 0 atom stereocenters. The van der Waals surface area contributed by atoms with Crippen LogP contribution in [0.5, 0.6) is 5.88 Å². The van der Waals surface area contributed by atoms with E-state index in [2.05, 4.69) is 22.4 Å². The van der Waals surface area contributed by atoms with Crippen molar-refractivity contribution in [1.82, 2.24) is 4.57 Å². The Hall–Kier alpha value is -1.98. The zero-order valence-corrected chi connectivity index (χ0v) is 15.6. The maximum absolute atomic E-state index is 10.8. The van der Waals surface area contributed by atoms with Gasteiger partial charge in [0.2, 0.25) is 5.88 Å². The standard InChI is InChI=1S/C19H18ClN3OS/c1-11-3-6-17-15(7-11)18(19(24)23(17)14-9-25-10-14)22-21-13-5-4-12(2)16(20)8-13/h3-8,14,24H,9-10H2,1-2H3. The number of halogens is 1. The highest BCUT2D eigenvalue weighted by Gasteiger charge is 2.27. The molecule has 0 amide bonds. The molecule has 1 fully saturated rings. The molecule has 0 aliphatic carbocycles. The maximum Gasteiger partial charge on any atom is 0.221 e. The van der Waals surface area contributed by atoms with Crippen LogP contribution in [0.25, 0.3) is 10.9 Å². The number of aromatic hydroxyl groups is 1. The predicted molar refractivity (Wildman–Crippen MR) is 105 cm³/mol. The summed E-state index contributed by atoms with van der Waals surface area (Å²) in [4.78, 5) is 0. The second kappa shape index (κ2) is 6.39. The molecule has 1 saturated heterocycles. The van der Waals surface area contributed by atoms with Crippen LogP contribution < -0.4 is 0 Å². The van der Waals surface area contributed by atoms with Crippen molar-refractivity contribution in [3.8, 4) is 5.88 Å². The van der Waals surface area contributed by atoms with Crippen LogP contribution in [-0.2, 0) is 0 Å². The lowest BCUT2D eigenvalue weighted by Crippen LogP contribution is -2.22. The summed E-state index contributed by atoms with van der Waals surface area (Å²) < 4.78 is 1.99. The molecule has 25 heavy (non-hydrogen) atoms. The molecule has 1 N–H and O–H groups in total. The Labute approximate surface area is 155 Å². The Morgan fingerprint density at radius 1 is 1.12 bits per heavy atom. The van der Waals surface area contributed by atoms with Crippen LogP contribution in [0.1, 0.15) is 17.2 Å². The molecular weight excluding hydrogens is 354 g/mol. The minimum Gasteiger partial charge on any atom is -0.493 e. The Bertz CT molecular complexity index is 992. The lowest BCUT2D eigenvalue weighted by atomic mass is 10.1. The predicted octanol–water partition coefficient (Wildman–Crippen LogP) is 6.32. The van der Waals surface area contributed by atoms with Gasteiger partial charge in [-0.15, -0.1) is 5.11 Å². The Morgan fingerprint density at radius 3 is 2.60 bits per heavy atom. The molecule has 1 aliphatic rings. The highest BCUT2D eigenvalue weighted by molar-refractivity contribution is 8.00. The summed E-state index contributed by atoms with van der Waals surface area (Å²) >= 11 is 8.04. The zero-order chi connectivity index (χ0) is 17.6. The van der Waals surface area contributed by atoms with Crippen LogP contribution in [0.3, 0.4) is 0 Å². The van der Waals surface area contributed by atoms with Gasteiger partial charge in [-0.25, -0.2) is 0 Å². The number of rotatable bonds is 3. The first-order valence-electron chi connectivity index (χ1n) is 8.14. The van der Waals surface area contributed by atoms with E-state index in [9.17, 15) is 5.11 Å². The van der Waals surface area contributed by atoms with E-state index >= 15 is 0 Å². The van der Waals surface area contributed by atoms with Gasteiger partial charge in [0.1, 0.15) is 0 Å². The van der Waals surface area contributed by atoms with Gasteiger partial charge in [-0.1, -0.05) is 29.3 Å². The smallest absolute Gasteiger partial charge is 0.221 e. The van der Waals surface area contributed by atoms with Gasteiger partial charge >= 0.3 is 0 Å². The van der Waals surface area contributed by atoms with E-state index in [1.165, 1.54) is 0 Å². The van der Waals surface area contributed by atoms with Crippen LogP contribution >= 0.6 is 23.4 Å². The Balaban J connectivity index is 1.83. The largest absolute Gasteiger partial charge is 0.493 e. The number of thioether (sulfide) groups is 1. The molecule has 1 aromatic heterocycles. The molecule has 0 bridgehead atoms. The van der Waals surface area contributed by atoms with Gasteiger partial charge in [-0.05, 0) is 43.7 Å². The fourth-order valence-corrected chi connectivity index (χ4v) is 3.91. The van der Waals surface area contributed by atoms with E-state index in [1.807, 2.05) is 48.4 Å². The van der Waals surface area contributed by atoms with Crippen LogP contribution in [0.2, 0.25) is 5.02 Å². The van der Waals surface area contributed by atoms with Crippen molar-refractivity contribution >= 4 is 45.6 Å². The van der Waals surface area contributed by atoms with E-state index in [0.717, 1.165) is 33.5 Å². The molecule has 6 heteroatoms. The SMILES string of the molecule is Cc1ccc2c(c1)c(N=Nc1ccc(C)c(Cl)c1)c(O)n2C1CSC1. The summed E-state index contributed by atoms with van der Waals surface area (Å²) in [5, 5.41) is 21.0. The van der Waals surface area contributed by atoms with Gasteiger partial charge in [0.05, 0.1) is 17.2 Å². The van der Waals surface area contributed by atoms with Crippen molar-refractivity contribution < 1.29 is 5.11 Å². The second-order valence-electron chi connectivity index (χ2n) is 6.39. The quantitative estimate of drug-likeness (QED) is 0.547. The van der Waals surface area contributed by atoms with Gasteiger partial charge in [-0.2, -0.15) is 16.9 Å². The number of aryl methyl sites for hydroxylation is 2. The summed E-state index contributed by atoms with van der Waals surface area (Å²) in [5.41, 5.74) is 4.32. The number of hydrogen-bond donors (Lipinski definition) is 1. The summed E-state index contributed by atoms with van der Waals surface area (Å²) in [5.74, 6) is 2.21. The van der Waals surface area contributed by atoms with Crippen molar-refractivity contribution in [2.24, 2.45) is 10.2 Å². The number of aromatic nitrogens is 1. The van der Waals surface area contributed by atoms with Crippen LogP contribution in [-0.4, -0.2) is 21.2 Å². The van der Waals surface area contributed by atoms with Gasteiger partial charge in [0.25, 0.3) is 0 Å². The first-order chi connectivity index (χ1) is 12.0. The Kier molecular flexibility index (Phi) is 4.21. The highest BCUT2D eigenvalue weighted by atomic mass is 35.5. The van der Waals surface area contributed by atoms with Gasteiger partial charge in [0, 0.05) is 21.9 Å². The molecule has 0 unspecified atom stereocenters. The van der Waals surface area contributed by atoms with Gasteiger partial charge in [0.15, 0.2) is 5.69 Å². The van der Waals surface area contributed by atoms with Crippen LogP contribution in [0.15, 0.2) is 46.6 Å². The number of fused-ring (bicyclic) bond motifs is 1. The van der Waals surface area contributed by atoms with Gasteiger partial charge in [-0.3, -0.25) is 0 Å². The third-order valence-electron chi connectivity index (χ3n) is 4.51. The third kappa shape index (κ3) is 2.92. The fraction of sp³-hybridized carbons (Fsp3) is 0.263. The topological polar surface area (TPSA) is 49.9 Å². The molecule has 4 rings (SSSR count). The monoisotopic (exact) mass is 371 g/mol. The minimum atomic E-state index is 0.188. The van der Waals surface area contributed by atoms with E-state index < -0.39 is 0 Å². The minimum absolute atomic E-state index is 0.188. The summed E-state index contributed by atoms with van der Waals surface area (Å²) in [7, 11) is 0. The lowest BCUT2D eigenvalue weighted by molar-refractivity contribution is 0.406. The van der Waals surface area contributed by atoms with Crippen molar-refractivity contribution in [3.05, 3.63) is 52.5 Å². The molecule has 0 saturated carbocycles. The van der Waals surface area contributed by atoms with Crippen molar-refractivity contribution in [2.45, 2.75) is 19.9 Å². The van der Waals surface area contributed by atoms with E-state index in [-0.39, 0.29) is 5.88 Å². The molecule has 128 valence electrons. The summed E-state index contributed by atoms with van der Waals surface area (Å²) in [6.07, 6.45) is 0. The van der Waals surface area contributed by atoms with Crippen molar-refractivity contribution in [3.63, 3.8) is 0 Å². The van der Waals surface area contributed by atoms with E-state index in [0.29, 0.717) is 22.4 Å². The number of hydrogen-bond acceptors (Lipinski definition) is 4. The summed E-state index contributed by atoms with van der Waals surface area (Å²) in [6.45, 7) is 3.98. The number of nitrogens with zero attached hydrogens (tertiary/aromatic N) is 3. The maximum atomic E-state index is 10.8. The first kappa shape index (κ1) is 16.5. The van der Waals surface area contributed by atoms with Crippen molar-refractivity contribution in [2.75, 3.05) is 11.5 Å². The average molecular weight is 372 g/mol. The third-order valence-corrected chi connectivity index (χ3v) is 6.16. The molecule has 0 radical (unpaired) electrons. The van der Waals surface area contributed by atoms with Crippen molar-refractivity contribution in [1.29, 1.82) is 0 Å². The molecule has 0 spiro atoms. The Morgan fingerprint density at radius 2 is 1.92 bits per heavy atom. The zero-order valence-electron chi connectivity index (χ0n) is 14.0. The highest BCUT2D eigenvalue weighted by Crippen LogP contribution is 2.45. The fourth-order valence-electron chi connectivity index (χ4n) is 2.99. The van der Waals surface area contributed by atoms with Crippen LogP contribution in [0.4, 0.5) is 11.4 Å². The number of azo groups is 1. The molecular formula is C19H18ClN3OS. The summed E-state index contributed by atoms with van der Waals surface area (Å²) in [6, 6.07) is 12.0.